The summed E-state index contributed by atoms with van der Waals surface area (Å²) in [6.45, 7) is 1.93. The second-order valence-electron chi connectivity index (χ2n) is 3.42. The molecule has 1 heterocycles. The van der Waals surface area contributed by atoms with Crippen LogP contribution in [0.15, 0.2) is 41.0 Å². The molecule has 0 fully saturated rings. The van der Waals surface area contributed by atoms with Crippen LogP contribution in [0.2, 0.25) is 5.02 Å². The molecule has 0 saturated carbocycles. The minimum atomic E-state index is -0.751. The SMILES string of the molecule is Cc1ccc(Cl)cc1C(O)c1ccco1. The Labute approximate surface area is 93.1 Å². The van der Waals surface area contributed by atoms with Crippen molar-refractivity contribution in [2.75, 3.05) is 0 Å². The molecule has 78 valence electrons. The summed E-state index contributed by atoms with van der Waals surface area (Å²) in [6.07, 6.45) is 0.789. The number of aryl methyl sites for hydroxylation is 1. The molecule has 2 nitrogen and oxygen atoms in total. The van der Waals surface area contributed by atoms with Gasteiger partial charge in [0.25, 0.3) is 0 Å². The van der Waals surface area contributed by atoms with Crippen LogP contribution in [-0.2, 0) is 0 Å². The molecule has 0 bridgehead atoms. The molecule has 2 rings (SSSR count). The lowest BCUT2D eigenvalue weighted by molar-refractivity contribution is 0.188. The third-order valence-corrected chi connectivity index (χ3v) is 2.58. The van der Waals surface area contributed by atoms with Crippen LogP contribution in [0.5, 0.6) is 0 Å². The molecule has 0 spiro atoms. The van der Waals surface area contributed by atoms with E-state index in [4.69, 9.17) is 16.0 Å². The summed E-state index contributed by atoms with van der Waals surface area (Å²) < 4.78 is 5.15. The summed E-state index contributed by atoms with van der Waals surface area (Å²) in [5.74, 6) is 0.528. The molecule has 0 saturated heterocycles. The van der Waals surface area contributed by atoms with E-state index in [2.05, 4.69) is 0 Å². The van der Waals surface area contributed by atoms with Crippen molar-refractivity contribution in [1.29, 1.82) is 0 Å². The highest BCUT2D eigenvalue weighted by Crippen LogP contribution is 2.27. The van der Waals surface area contributed by atoms with Gasteiger partial charge in [-0.15, -0.1) is 0 Å². The number of hydrogen-bond acceptors (Lipinski definition) is 2. The molecule has 1 atom stereocenters. The van der Waals surface area contributed by atoms with E-state index < -0.39 is 6.10 Å². The molecule has 0 radical (unpaired) electrons. The van der Waals surface area contributed by atoms with Gasteiger partial charge in [-0.3, -0.25) is 0 Å². The summed E-state index contributed by atoms with van der Waals surface area (Å²) in [5, 5.41) is 10.6. The average molecular weight is 223 g/mol. The zero-order valence-corrected chi connectivity index (χ0v) is 9.03. The fourth-order valence-corrected chi connectivity index (χ4v) is 1.69. The number of benzene rings is 1. The Kier molecular flexibility index (Phi) is 2.80. The van der Waals surface area contributed by atoms with E-state index in [1.807, 2.05) is 13.0 Å². The van der Waals surface area contributed by atoms with Crippen molar-refractivity contribution in [1.82, 2.24) is 0 Å². The van der Waals surface area contributed by atoms with Crippen LogP contribution >= 0.6 is 11.6 Å². The first-order valence-corrected chi connectivity index (χ1v) is 5.04. The van der Waals surface area contributed by atoms with Gasteiger partial charge in [0.05, 0.1) is 6.26 Å². The third-order valence-electron chi connectivity index (χ3n) is 2.35. The maximum Gasteiger partial charge on any atom is 0.137 e. The van der Waals surface area contributed by atoms with Gasteiger partial charge in [0.15, 0.2) is 0 Å². The van der Waals surface area contributed by atoms with Gasteiger partial charge in [-0.1, -0.05) is 17.7 Å². The van der Waals surface area contributed by atoms with E-state index >= 15 is 0 Å². The van der Waals surface area contributed by atoms with Crippen LogP contribution in [-0.4, -0.2) is 5.11 Å². The third kappa shape index (κ3) is 2.06. The zero-order chi connectivity index (χ0) is 10.8. The lowest BCUT2D eigenvalue weighted by Gasteiger charge is -2.11. The van der Waals surface area contributed by atoms with Gasteiger partial charge in [-0.2, -0.15) is 0 Å². The number of hydrogen-bond donors (Lipinski definition) is 1. The fourth-order valence-electron chi connectivity index (χ4n) is 1.51. The van der Waals surface area contributed by atoms with Crippen molar-refractivity contribution >= 4 is 11.6 Å². The molecular weight excluding hydrogens is 212 g/mol. The number of furan rings is 1. The standard InChI is InChI=1S/C12H11ClO2/c1-8-4-5-9(13)7-10(8)12(14)11-3-2-6-15-11/h2-7,12,14H,1H3. The van der Waals surface area contributed by atoms with Crippen molar-refractivity contribution in [3.63, 3.8) is 0 Å². The molecule has 1 unspecified atom stereocenters. The second-order valence-corrected chi connectivity index (χ2v) is 3.86. The van der Waals surface area contributed by atoms with E-state index in [0.29, 0.717) is 10.8 Å². The molecule has 1 N–H and O–H groups in total. The van der Waals surface area contributed by atoms with E-state index in [0.717, 1.165) is 11.1 Å². The van der Waals surface area contributed by atoms with Crippen molar-refractivity contribution < 1.29 is 9.52 Å². The molecule has 15 heavy (non-hydrogen) atoms. The van der Waals surface area contributed by atoms with Crippen LogP contribution in [0.3, 0.4) is 0 Å². The molecule has 0 amide bonds. The number of aliphatic hydroxyl groups excluding tert-OH is 1. The minimum Gasteiger partial charge on any atom is -0.466 e. The molecule has 0 aliphatic heterocycles. The predicted octanol–water partition coefficient (Wildman–Crippen LogP) is 3.32. The Morgan fingerprint density at radius 2 is 2.13 bits per heavy atom. The first kappa shape index (κ1) is 10.3. The monoisotopic (exact) mass is 222 g/mol. The molecule has 0 aliphatic rings. The van der Waals surface area contributed by atoms with E-state index in [1.165, 1.54) is 0 Å². The Morgan fingerprint density at radius 3 is 2.80 bits per heavy atom. The topological polar surface area (TPSA) is 33.4 Å². The quantitative estimate of drug-likeness (QED) is 0.846. The molecular formula is C12H11ClO2. The van der Waals surface area contributed by atoms with Gasteiger partial charge in [0.2, 0.25) is 0 Å². The van der Waals surface area contributed by atoms with Gasteiger partial charge >= 0.3 is 0 Å². The van der Waals surface area contributed by atoms with Crippen LogP contribution < -0.4 is 0 Å². The number of rotatable bonds is 2. The van der Waals surface area contributed by atoms with E-state index in [1.54, 1.807) is 30.5 Å². The first-order chi connectivity index (χ1) is 7.18. The molecule has 1 aromatic heterocycles. The van der Waals surface area contributed by atoms with Gasteiger partial charge in [-0.25, -0.2) is 0 Å². The minimum absolute atomic E-state index is 0.528. The Balaban J connectivity index is 2.41. The highest BCUT2D eigenvalue weighted by atomic mass is 35.5. The summed E-state index contributed by atoms with van der Waals surface area (Å²) in [5.41, 5.74) is 1.76. The van der Waals surface area contributed by atoms with Crippen LogP contribution in [0.25, 0.3) is 0 Å². The Bertz CT molecular complexity index is 449. The first-order valence-electron chi connectivity index (χ1n) is 4.66. The van der Waals surface area contributed by atoms with Gasteiger partial charge < -0.3 is 9.52 Å². The van der Waals surface area contributed by atoms with Crippen molar-refractivity contribution in [3.05, 3.63) is 58.5 Å². The van der Waals surface area contributed by atoms with Gasteiger partial charge in [0.1, 0.15) is 11.9 Å². The van der Waals surface area contributed by atoms with Gasteiger partial charge in [0, 0.05) is 5.02 Å². The summed E-state index contributed by atoms with van der Waals surface area (Å²) in [4.78, 5) is 0. The van der Waals surface area contributed by atoms with Crippen molar-refractivity contribution in [2.45, 2.75) is 13.0 Å². The van der Waals surface area contributed by atoms with Crippen LogP contribution in [0.4, 0.5) is 0 Å². The second kappa shape index (κ2) is 4.09. The Morgan fingerprint density at radius 1 is 1.33 bits per heavy atom. The Hall–Kier alpha value is -1.25. The lowest BCUT2D eigenvalue weighted by Crippen LogP contribution is -2.00. The van der Waals surface area contributed by atoms with Crippen LogP contribution in [0, 0.1) is 6.92 Å². The number of aliphatic hydroxyl groups is 1. The summed E-state index contributed by atoms with van der Waals surface area (Å²) in [6, 6.07) is 8.92. The van der Waals surface area contributed by atoms with Crippen molar-refractivity contribution in [2.24, 2.45) is 0 Å². The summed E-state index contributed by atoms with van der Waals surface area (Å²) in [7, 11) is 0. The summed E-state index contributed by atoms with van der Waals surface area (Å²) >= 11 is 5.88. The smallest absolute Gasteiger partial charge is 0.137 e. The molecule has 2 aromatic rings. The zero-order valence-electron chi connectivity index (χ0n) is 8.27. The molecule has 3 heteroatoms. The van der Waals surface area contributed by atoms with Crippen LogP contribution in [0.1, 0.15) is 23.0 Å². The molecule has 0 aliphatic carbocycles. The molecule has 1 aromatic carbocycles. The van der Waals surface area contributed by atoms with E-state index in [-0.39, 0.29) is 0 Å². The highest BCUT2D eigenvalue weighted by molar-refractivity contribution is 6.30. The largest absolute Gasteiger partial charge is 0.466 e. The lowest BCUT2D eigenvalue weighted by atomic mass is 10.0. The maximum atomic E-state index is 10.0. The van der Waals surface area contributed by atoms with Gasteiger partial charge in [-0.05, 0) is 42.3 Å². The average Bonchev–Trinajstić information content (AvgIpc) is 2.74. The van der Waals surface area contributed by atoms with E-state index in [9.17, 15) is 5.11 Å². The normalized spacial score (nSPS) is 12.7. The fraction of sp³-hybridized carbons (Fsp3) is 0.167. The highest BCUT2D eigenvalue weighted by Gasteiger charge is 2.15. The maximum absolute atomic E-state index is 10.0. The predicted molar refractivity (Wildman–Crippen MR) is 59.0 cm³/mol. The van der Waals surface area contributed by atoms with Crippen molar-refractivity contribution in [3.8, 4) is 0 Å². The number of halogens is 1.